The molecule has 0 aromatic rings. The molecule has 3 nitrogen and oxygen atoms in total. The van der Waals surface area contributed by atoms with Crippen molar-refractivity contribution in [1.82, 2.24) is 5.32 Å². The predicted octanol–water partition coefficient (Wildman–Crippen LogP) is 1.91. The molecule has 0 aliphatic carbocycles. The van der Waals surface area contributed by atoms with Gasteiger partial charge in [-0.15, -0.1) is 0 Å². The van der Waals surface area contributed by atoms with Crippen LogP contribution in [0.5, 0.6) is 0 Å². The molecule has 0 aromatic carbocycles. The zero-order chi connectivity index (χ0) is 11.8. The molecule has 0 rings (SSSR count). The minimum atomic E-state index is 0.0179. The first-order valence-electron chi connectivity index (χ1n) is 5.99. The molecule has 0 saturated heterocycles. The van der Waals surface area contributed by atoms with Crippen molar-refractivity contribution < 1.29 is 4.79 Å². The maximum Gasteiger partial charge on any atom is 0.221 e. The fourth-order valence-corrected chi connectivity index (χ4v) is 1.29. The SMILES string of the molecule is CCCC(N)CC(=O)NCC(C)C(C)C. The smallest absolute Gasteiger partial charge is 0.221 e. The molecule has 0 saturated carbocycles. The lowest BCUT2D eigenvalue weighted by atomic mass is 9.98. The predicted molar refractivity (Wildman–Crippen MR) is 64.5 cm³/mol. The van der Waals surface area contributed by atoms with E-state index in [4.69, 9.17) is 5.73 Å². The van der Waals surface area contributed by atoms with Gasteiger partial charge >= 0.3 is 0 Å². The van der Waals surface area contributed by atoms with Crippen molar-refractivity contribution in [3.05, 3.63) is 0 Å². The van der Waals surface area contributed by atoms with Gasteiger partial charge in [0.05, 0.1) is 0 Å². The number of amides is 1. The van der Waals surface area contributed by atoms with Crippen LogP contribution in [0, 0.1) is 11.8 Å². The van der Waals surface area contributed by atoms with Gasteiger partial charge in [0.2, 0.25) is 5.91 Å². The molecule has 0 aromatic heterocycles. The van der Waals surface area contributed by atoms with E-state index in [1.54, 1.807) is 0 Å². The maximum atomic E-state index is 11.5. The monoisotopic (exact) mass is 214 g/mol. The molecule has 90 valence electrons. The molecule has 1 amide bonds. The van der Waals surface area contributed by atoms with Gasteiger partial charge in [-0.05, 0) is 18.3 Å². The lowest BCUT2D eigenvalue weighted by molar-refractivity contribution is -0.121. The first-order chi connectivity index (χ1) is 6.97. The van der Waals surface area contributed by atoms with Gasteiger partial charge in [-0.1, -0.05) is 34.1 Å². The highest BCUT2D eigenvalue weighted by Gasteiger charge is 2.11. The van der Waals surface area contributed by atoms with Crippen LogP contribution >= 0.6 is 0 Å². The van der Waals surface area contributed by atoms with Crippen LogP contribution in [0.15, 0.2) is 0 Å². The van der Waals surface area contributed by atoms with Crippen LogP contribution in [0.3, 0.4) is 0 Å². The van der Waals surface area contributed by atoms with Gasteiger partial charge < -0.3 is 11.1 Å². The fraction of sp³-hybridized carbons (Fsp3) is 0.917. The Morgan fingerprint density at radius 2 is 1.93 bits per heavy atom. The molecular weight excluding hydrogens is 188 g/mol. The van der Waals surface area contributed by atoms with Gasteiger partial charge in [-0.2, -0.15) is 0 Å². The van der Waals surface area contributed by atoms with Gasteiger partial charge in [0, 0.05) is 19.0 Å². The van der Waals surface area contributed by atoms with Crippen LogP contribution in [0.2, 0.25) is 0 Å². The summed E-state index contributed by atoms with van der Waals surface area (Å²) in [7, 11) is 0. The summed E-state index contributed by atoms with van der Waals surface area (Å²) in [5, 5.41) is 2.93. The van der Waals surface area contributed by atoms with Crippen LogP contribution in [-0.2, 0) is 4.79 Å². The average molecular weight is 214 g/mol. The van der Waals surface area contributed by atoms with E-state index in [9.17, 15) is 4.79 Å². The van der Waals surface area contributed by atoms with Crippen molar-refractivity contribution in [1.29, 1.82) is 0 Å². The summed E-state index contributed by atoms with van der Waals surface area (Å²) in [4.78, 5) is 11.5. The molecule has 0 bridgehead atoms. The van der Waals surface area contributed by atoms with Gasteiger partial charge in [0.15, 0.2) is 0 Å². The topological polar surface area (TPSA) is 55.1 Å². The second-order valence-electron chi connectivity index (χ2n) is 4.78. The lowest BCUT2D eigenvalue weighted by Crippen LogP contribution is -2.34. The molecular formula is C12H26N2O. The van der Waals surface area contributed by atoms with E-state index >= 15 is 0 Å². The van der Waals surface area contributed by atoms with Crippen molar-refractivity contribution in [3.8, 4) is 0 Å². The fourth-order valence-electron chi connectivity index (χ4n) is 1.29. The zero-order valence-corrected chi connectivity index (χ0v) is 10.5. The molecule has 0 heterocycles. The van der Waals surface area contributed by atoms with E-state index in [0.717, 1.165) is 19.4 Å². The molecule has 2 atom stereocenters. The summed E-state index contributed by atoms with van der Waals surface area (Å²) in [5.41, 5.74) is 5.79. The van der Waals surface area contributed by atoms with Gasteiger partial charge in [-0.25, -0.2) is 0 Å². The van der Waals surface area contributed by atoms with E-state index in [0.29, 0.717) is 18.3 Å². The summed E-state index contributed by atoms with van der Waals surface area (Å²) >= 11 is 0. The molecule has 3 N–H and O–H groups in total. The van der Waals surface area contributed by atoms with E-state index in [2.05, 4.69) is 33.0 Å². The molecule has 3 heteroatoms. The standard InChI is InChI=1S/C12H26N2O/c1-5-6-11(13)7-12(15)14-8-10(4)9(2)3/h9-11H,5-8,13H2,1-4H3,(H,14,15). The Bertz CT molecular complexity index is 180. The van der Waals surface area contributed by atoms with Crippen molar-refractivity contribution in [2.45, 2.75) is 53.0 Å². The average Bonchev–Trinajstić information content (AvgIpc) is 2.14. The molecule has 0 radical (unpaired) electrons. The summed E-state index contributed by atoms with van der Waals surface area (Å²) in [6.07, 6.45) is 2.42. The van der Waals surface area contributed by atoms with Crippen molar-refractivity contribution >= 4 is 5.91 Å². The number of carbonyl (C=O) groups excluding carboxylic acids is 1. The Morgan fingerprint density at radius 3 is 2.40 bits per heavy atom. The van der Waals surface area contributed by atoms with Crippen molar-refractivity contribution in [3.63, 3.8) is 0 Å². The summed E-state index contributed by atoms with van der Waals surface area (Å²) < 4.78 is 0. The number of carbonyl (C=O) groups is 1. The Morgan fingerprint density at radius 1 is 1.33 bits per heavy atom. The van der Waals surface area contributed by atoms with Crippen LogP contribution < -0.4 is 11.1 Å². The quantitative estimate of drug-likeness (QED) is 0.680. The highest BCUT2D eigenvalue weighted by atomic mass is 16.1. The Kier molecular flexibility index (Phi) is 7.39. The van der Waals surface area contributed by atoms with Crippen LogP contribution in [-0.4, -0.2) is 18.5 Å². The van der Waals surface area contributed by atoms with Crippen LogP contribution in [0.25, 0.3) is 0 Å². The maximum absolute atomic E-state index is 11.5. The first-order valence-corrected chi connectivity index (χ1v) is 5.99. The third kappa shape index (κ3) is 7.37. The number of rotatable bonds is 7. The molecule has 2 unspecified atom stereocenters. The van der Waals surface area contributed by atoms with E-state index in [-0.39, 0.29) is 11.9 Å². The molecule has 0 spiro atoms. The minimum absolute atomic E-state index is 0.0179. The summed E-state index contributed by atoms with van der Waals surface area (Å²) in [5.74, 6) is 1.22. The van der Waals surface area contributed by atoms with E-state index in [1.165, 1.54) is 0 Å². The molecule has 0 aliphatic heterocycles. The van der Waals surface area contributed by atoms with Crippen LogP contribution in [0.1, 0.15) is 47.0 Å². The Balaban J connectivity index is 3.66. The van der Waals surface area contributed by atoms with Gasteiger partial charge in [0.1, 0.15) is 0 Å². The lowest BCUT2D eigenvalue weighted by Gasteiger charge is -2.17. The van der Waals surface area contributed by atoms with Gasteiger partial charge in [0.25, 0.3) is 0 Å². The second-order valence-corrected chi connectivity index (χ2v) is 4.78. The normalized spacial score (nSPS) is 15.1. The van der Waals surface area contributed by atoms with Crippen LogP contribution in [0.4, 0.5) is 0 Å². The highest BCUT2D eigenvalue weighted by molar-refractivity contribution is 5.76. The molecule has 0 fully saturated rings. The third-order valence-corrected chi connectivity index (χ3v) is 2.87. The zero-order valence-electron chi connectivity index (χ0n) is 10.5. The second kappa shape index (κ2) is 7.69. The number of hydrogen-bond donors (Lipinski definition) is 2. The molecule has 0 aliphatic rings. The third-order valence-electron chi connectivity index (χ3n) is 2.87. The highest BCUT2D eigenvalue weighted by Crippen LogP contribution is 2.07. The van der Waals surface area contributed by atoms with Crippen molar-refractivity contribution in [2.75, 3.05) is 6.54 Å². The number of nitrogens with one attached hydrogen (secondary N) is 1. The van der Waals surface area contributed by atoms with Gasteiger partial charge in [-0.3, -0.25) is 4.79 Å². The first kappa shape index (κ1) is 14.4. The van der Waals surface area contributed by atoms with E-state index in [1.807, 2.05) is 0 Å². The largest absolute Gasteiger partial charge is 0.356 e. The Labute approximate surface area is 93.8 Å². The van der Waals surface area contributed by atoms with E-state index < -0.39 is 0 Å². The van der Waals surface area contributed by atoms with Crippen molar-refractivity contribution in [2.24, 2.45) is 17.6 Å². The Hall–Kier alpha value is -0.570. The number of hydrogen-bond acceptors (Lipinski definition) is 2. The summed E-state index contributed by atoms with van der Waals surface area (Å²) in [6.45, 7) is 9.32. The number of nitrogens with two attached hydrogens (primary N) is 1. The molecule has 15 heavy (non-hydrogen) atoms. The summed E-state index contributed by atoms with van der Waals surface area (Å²) in [6, 6.07) is 0.0179. The minimum Gasteiger partial charge on any atom is -0.356 e.